The van der Waals surface area contributed by atoms with Crippen molar-refractivity contribution in [1.82, 2.24) is 14.1 Å². The Bertz CT molecular complexity index is 1230. The molecular weight excluding hydrogens is 419 g/mol. The Kier molecular flexibility index (Phi) is 5.63. The van der Waals surface area contributed by atoms with Crippen molar-refractivity contribution in [3.05, 3.63) is 71.3 Å². The highest BCUT2D eigenvalue weighted by Gasteiger charge is 2.26. The van der Waals surface area contributed by atoms with E-state index in [1.807, 2.05) is 0 Å². The van der Waals surface area contributed by atoms with Crippen LogP contribution in [0.1, 0.15) is 34.6 Å². The molecule has 9 heteroatoms. The summed E-state index contributed by atoms with van der Waals surface area (Å²) in [6.45, 7) is 0. The number of sulfonamides is 1. The van der Waals surface area contributed by atoms with Gasteiger partial charge in [0.25, 0.3) is 5.91 Å². The van der Waals surface area contributed by atoms with E-state index in [2.05, 4.69) is 10.4 Å². The van der Waals surface area contributed by atoms with E-state index in [9.17, 15) is 17.6 Å². The highest BCUT2D eigenvalue weighted by atomic mass is 32.2. The second kappa shape index (κ2) is 8.24. The van der Waals surface area contributed by atoms with Gasteiger partial charge in [0.1, 0.15) is 5.82 Å². The lowest BCUT2D eigenvalue weighted by atomic mass is 9.95. The number of benzene rings is 2. The summed E-state index contributed by atoms with van der Waals surface area (Å²) in [5, 5.41) is 7.32. The zero-order valence-corrected chi connectivity index (χ0v) is 18.1. The molecule has 1 aliphatic carbocycles. The Labute approximate surface area is 180 Å². The molecule has 31 heavy (non-hydrogen) atoms. The highest BCUT2D eigenvalue weighted by molar-refractivity contribution is 7.89. The minimum atomic E-state index is -3.62. The highest BCUT2D eigenvalue weighted by Crippen LogP contribution is 2.28. The van der Waals surface area contributed by atoms with E-state index in [-0.39, 0.29) is 10.7 Å². The van der Waals surface area contributed by atoms with Crippen LogP contribution in [0, 0.1) is 5.82 Å². The minimum Gasteiger partial charge on any atom is -0.321 e. The van der Waals surface area contributed by atoms with Crippen molar-refractivity contribution in [2.75, 3.05) is 19.4 Å². The zero-order chi connectivity index (χ0) is 22.2. The Morgan fingerprint density at radius 2 is 1.81 bits per heavy atom. The number of hydrogen-bond acceptors (Lipinski definition) is 4. The third-order valence-corrected chi connectivity index (χ3v) is 7.15. The average molecular weight is 443 g/mol. The third-order valence-electron chi connectivity index (χ3n) is 5.34. The SMILES string of the molecule is CN(C)S(=O)(=O)c1cccc(NC(=O)c2nn(-c3ccc(F)cc3)c3c2CCCC3)c1. The van der Waals surface area contributed by atoms with E-state index in [1.165, 1.54) is 38.4 Å². The van der Waals surface area contributed by atoms with Gasteiger partial charge in [-0.3, -0.25) is 4.79 Å². The third kappa shape index (κ3) is 4.11. The molecule has 0 saturated heterocycles. The summed E-state index contributed by atoms with van der Waals surface area (Å²) in [6.07, 6.45) is 3.46. The molecule has 0 bridgehead atoms. The van der Waals surface area contributed by atoms with Gasteiger partial charge in [-0.25, -0.2) is 21.8 Å². The molecule has 0 unspecified atom stereocenters. The van der Waals surface area contributed by atoms with Crippen LogP contribution in [0.3, 0.4) is 0 Å². The number of nitrogens with zero attached hydrogens (tertiary/aromatic N) is 3. The Morgan fingerprint density at radius 1 is 1.10 bits per heavy atom. The van der Waals surface area contributed by atoms with Gasteiger partial charge in [-0.15, -0.1) is 0 Å². The maximum atomic E-state index is 13.3. The van der Waals surface area contributed by atoms with E-state index in [1.54, 1.807) is 28.9 Å². The fourth-order valence-corrected chi connectivity index (χ4v) is 4.66. The molecule has 1 amide bonds. The van der Waals surface area contributed by atoms with Gasteiger partial charge in [-0.1, -0.05) is 6.07 Å². The van der Waals surface area contributed by atoms with Gasteiger partial charge in [0, 0.05) is 31.0 Å². The molecule has 0 saturated carbocycles. The van der Waals surface area contributed by atoms with Crippen molar-refractivity contribution < 1.29 is 17.6 Å². The first-order chi connectivity index (χ1) is 14.8. The summed E-state index contributed by atoms with van der Waals surface area (Å²) < 4.78 is 40.9. The van der Waals surface area contributed by atoms with Gasteiger partial charge in [-0.2, -0.15) is 5.10 Å². The van der Waals surface area contributed by atoms with Crippen molar-refractivity contribution in [3.63, 3.8) is 0 Å². The largest absolute Gasteiger partial charge is 0.321 e. The number of rotatable bonds is 5. The quantitative estimate of drug-likeness (QED) is 0.657. The van der Waals surface area contributed by atoms with Crippen molar-refractivity contribution in [3.8, 4) is 5.69 Å². The van der Waals surface area contributed by atoms with Gasteiger partial charge in [-0.05, 0) is 68.1 Å². The monoisotopic (exact) mass is 442 g/mol. The number of amides is 1. The molecular formula is C22H23FN4O3S. The first-order valence-electron chi connectivity index (χ1n) is 9.98. The predicted octanol–water partition coefficient (Wildman–Crippen LogP) is 3.39. The fraction of sp³-hybridized carbons (Fsp3) is 0.273. The van der Waals surface area contributed by atoms with Crippen molar-refractivity contribution >= 4 is 21.6 Å². The lowest BCUT2D eigenvalue weighted by Gasteiger charge is -2.14. The van der Waals surface area contributed by atoms with Crippen molar-refractivity contribution in [2.45, 2.75) is 30.6 Å². The molecule has 1 aromatic heterocycles. The van der Waals surface area contributed by atoms with Crippen molar-refractivity contribution in [2.24, 2.45) is 0 Å². The first kappa shape index (κ1) is 21.2. The maximum absolute atomic E-state index is 13.3. The Hall–Kier alpha value is -3.04. The molecule has 1 aliphatic rings. The normalized spacial score (nSPS) is 13.8. The van der Waals surface area contributed by atoms with Gasteiger partial charge in [0.15, 0.2) is 5.69 Å². The van der Waals surface area contributed by atoms with Gasteiger partial charge in [0.2, 0.25) is 10.0 Å². The number of aromatic nitrogens is 2. The van der Waals surface area contributed by atoms with E-state index >= 15 is 0 Å². The smallest absolute Gasteiger partial charge is 0.276 e. The van der Waals surface area contributed by atoms with E-state index in [4.69, 9.17) is 0 Å². The Morgan fingerprint density at radius 3 is 2.52 bits per heavy atom. The maximum Gasteiger partial charge on any atom is 0.276 e. The average Bonchev–Trinajstić information content (AvgIpc) is 3.14. The molecule has 2 aromatic carbocycles. The lowest BCUT2D eigenvalue weighted by Crippen LogP contribution is -2.22. The topological polar surface area (TPSA) is 84.3 Å². The molecule has 7 nitrogen and oxygen atoms in total. The van der Waals surface area contributed by atoms with Crippen LogP contribution in [0.2, 0.25) is 0 Å². The number of hydrogen-bond donors (Lipinski definition) is 1. The number of carbonyl (C=O) groups excluding carboxylic acids is 1. The number of fused-ring (bicyclic) bond motifs is 1. The van der Waals surface area contributed by atoms with Gasteiger partial charge < -0.3 is 5.32 Å². The molecule has 0 fully saturated rings. The summed E-state index contributed by atoms with van der Waals surface area (Å²) in [7, 11) is -0.711. The van der Waals surface area contributed by atoms with E-state index in [0.717, 1.165) is 41.2 Å². The molecule has 1 heterocycles. The van der Waals surface area contributed by atoms with E-state index < -0.39 is 15.9 Å². The summed E-state index contributed by atoms with van der Waals surface area (Å²) >= 11 is 0. The van der Waals surface area contributed by atoms with Gasteiger partial charge >= 0.3 is 0 Å². The first-order valence-corrected chi connectivity index (χ1v) is 11.4. The van der Waals surface area contributed by atoms with Crippen LogP contribution in [0.4, 0.5) is 10.1 Å². The number of halogens is 1. The molecule has 4 rings (SSSR count). The van der Waals surface area contributed by atoms with Crippen LogP contribution in [-0.4, -0.2) is 42.5 Å². The molecule has 0 radical (unpaired) electrons. The van der Waals surface area contributed by atoms with Crippen LogP contribution in [0.15, 0.2) is 53.4 Å². The fourth-order valence-electron chi connectivity index (χ4n) is 3.71. The second-order valence-corrected chi connectivity index (χ2v) is 9.79. The van der Waals surface area contributed by atoms with Crippen LogP contribution in [0.25, 0.3) is 5.69 Å². The van der Waals surface area contributed by atoms with Crippen LogP contribution in [-0.2, 0) is 22.9 Å². The summed E-state index contributed by atoms with van der Waals surface area (Å²) in [4.78, 5) is 13.2. The molecule has 3 aromatic rings. The Balaban J connectivity index is 1.68. The summed E-state index contributed by atoms with van der Waals surface area (Å²) in [5.41, 5.74) is 3.20. The van der Waals surface area contributed by atoms with Crippen LogP contribution in [0.5, 0.6) is 0 Å². The van der Waals surface area contributed by atoms with E-state index in [0.29, 0.717) is 17.1 Å². The minimum absolute atomic E-state index is 0.0918. The molecule has 1 N–H and O–H groups in total. The number of nitrogens with one attached hydrogen (secondary N) is 1. The summed E-state index contributed by atoms with van der Waals surface area (Å²) in [5.74, 6) is -0.742. The standard InChI is InChI=1S/C22H23FN4O3S/c1-26(2)31(29,30)18-7-5-6-16(14-18)24-22(28)21-19-8-3-4-9-20(19)27(25-21)17-12-10-15(23)11-13-17/h5-7,10-14H,3-4,8-9H2,1-2H3,(H,24,28). The molecule has 162 valence electrons. The number of carbonyl (C=O) groups is 1. The summed E-state index contributed by atoms with van der Waals surface area (Å²) in [6, 6.07) is 12.1. The zero-order valence-electron chi connectivity index (χ0n) is 17.3. The molecule has 0 aliphatic heterocycles. The van der Waals surface area contributed by atoms with Crippen LogP contribution < -0.4 is 5.32 Å². The van der Waals surface area contributed by atoms with Crippen molar-refractivity contribution in [1.29, 1.82) is 0 Å². The second-order valence-electron chi connectivity index (χ2n) is 7.64. The molecule has 0 spiro atoms. The van der Waals surface area contributed by atoms with Crippen LogP contribution >= 0.6 is 0 Å². The lowest BCUT2D eigenvalue weighted by molar-refractivity contribution is 0.102. The van der Waals surface area contributed by atoms with Gasteiger partial charge in [0.05, 0.1) is 10.6 Å². The number of anilines is 1. The molecule has 0 atom stereocenters. The predicted molar refractivity (Wildman–Crippen MR) is 115 cm³/mol.